The van der Waals surface area contributed by atoms with Gasteiger partial charge in [0, 0.05) is 12.8 Å². The van der Waals surface area contributed by atoms with Crippen molar-refractivity contribution in [2.45, 2.75) is 118 Å². The van der Waals surface area contributed by atoms with Crippen LogP contribution in [-0.4, -0.2) is 36.7 Å². The van der Waals surface area contributed by atoms with Crippen LogP contribution >= 0.6 is 0 Å². The maximum Gasteiger partial charge on any atom is 0.339 e. The van der Waals surface area contributed by atoms with E-state index in [9.17, 15) is 19.2 Å². The molecule has 0 unspecified atom stereocenters. The minimum absolute atomic E-state index is 0.00414. The van der Waals surface area contributed by atoms with Gasteiger partial charge in [-0.3, -0.25) is 9.59 Å². The number of ether oxygens (including phenoxy) is 2. The number of rotatable bonds is 22. The van der Waals surface area contributed by atoms with Crippen LogP contribution in [0, 0.1) is 5.41 Å². The Kier molecular flexibility index (Phi) is 19.7. The number of carbonyl (C=O) groups is 4. The lowest BCUT2D eigenvalue weighted by molar-refractivity contribution is -0.177. The molecule has 0 rings (SSSR count). The Bertz CT molecular complexity index is 619. The highest BCUT2D eigenvalue weighted by molar-refractivity contribution is 6.36. The van der Waals surface area contributed by atoms with E-state index in [1.54, 1.807) is 0 Å². The fourth-order valence-electron chi connectivity index (χ4n) is 3.72. The fourth-order valence-corrected chi connectivity index (χ4v) is 3.72. The molecule has 35 heavy (non-hydrogen) atoms. The van der Waals surface area contributed by atoms with Crippen LogP contribution in [-0.2, 0) is 28.7 Å². The molecule has 6 heteroatoms. The van der Waals surface area contributed by atoms with Crippen LogP contribution in [0.1, 0.15) is 118 Å². The molecule has 0 amide bonds. The van der Waals surface area contributed by atoms with Gasteiger partial charge in [0.25, 0.3) is 5.41 Å². The molecule has 0 saturated carbocycles. The van der Waals surface area contributed by atoms with Crippen molar-refractivity contribution in [2.75, 3.05) is 13.2 Å². The second kappa shape index (κ2) is 21.1. The van der Waals surface area contributed by atoms with E-state index in [1.807, 2.05) is 38.2 Å². The first-order valence-corrected chi connectivity index (χ1v) is 13.6. The van der Waals surface area contributed by atoms with Crippen molar-refractivity contribution in [3.63, 3.8) is 0 Å². The molecule has 0 spiro atoms. The fraction of sp³-hybridized carbons (Fsp3) is 0.724. The summed E-state index contributed by atoms with van der Waals surface area (Å²) in [5.74, 6) is -3.57. The molecular weight excluding hydrogens is 444 g/mol. The smallest absolute Gasteiger partial charge is 0.339 e. The maximum absolute atomic E-state index is 13.5. The highest BCUT2D eigenvalue weighted by Crippen LogP contribution is 2.30. The number of esters is 2. The molecule has 0 bridgehead atoms. The molecule has 0 aromatic heterocycles. The van der Waals surface area contributed by atoms with Crippen molar-refractivity contribution in [1.29, 1.82) is 0 Å². The van der Waals surface area contributed by atoms with Crippen LogP contribution in [0.4, 0.5) is 0 Å². The number of hydrogen-bond acceptors (Lipinski definition) is 6. The SMILES string of the molecule is CC/C=C/CCOC(=O)C(C(=O)CCCCCC)(C(=O)CCCCCC)C(=O)OCC/C=C/CC. The summed E-state index contributed by atoms with van der Waals surface area (Å²) < 4.78 is 10.7. The molecule has 0 aliphatic carbocycles. The van der Waals surface area contributed by atoms with Crippen LogP contribution < -0.4 is 0 Å². The Morgan fingerprint density at radius 2 is 0.971 bits per heavy atom. The number of hydrogen-bond donors (Lipinski definition) is 0. The van der Waals surface area contributed by atoms with Crippen molar-refractivity contribution in [2.24, 2.45) is 5.41 Å². The zero-order valence-corrected chi connectivity index (χ0v) is 22.6. The van der Waals surface area contributed by atoms with Crippen molar-refractivity contribution < 1.29 is 28.7 Å². The van der Waals surface area contributed by atoms with Crippen LogP contribution in [0.15, 0.2) is 24.3 Å². The Balaban J connectivity index is 5.89. The van der Waals surface area contributed by atoms with E-state index in [2.05, 4.69) is 13.8 Å². The zero-order valence-electron chi connectivity index (χ0n) is 22.6. The maximum atomic E-state index is 13.5. The van der Waals surface area contributed by atoms with Gasteiger partial charge in [-0.05, 0) is 38.5 Å². The minimum Gasteiger partial charge on any atom is -0.464 e. The van der Waals surface area contributed by atoms with Gasteiger partial charge in [0.15, 0.2) is 11.6 Å². The highest BCUT2D eigenvalue weighted by atomic mass is 16.6. The van der Waals surface area contributed by atoms with Crippen molar-refractivity contribution in [3.8, 4) is 0 Å². The third kappa shape index (κ3) is 12.3. The standard InChI is InChI=1S/C29H48O6/c1-5-9-13-17-21-25(30)29(26(31)22-18-14-10-6-2,27(32)34-23-19-15-11-7-3)28(33)35-24-20-16-12-8-4/h11-12,15-16H,5-10,13-14,17-24H2,1-4H3/b15-11+,16-12+. The number of ketones is 2. The second-order valence-electron chi connectivity index (χ2n) is 8.83. The number of allylic oxidation sites excluding steroid dienone is 2. The van der Waals surface area contributed by atoms with Gasteiger partial charge in [-0.1, -0.05) is 90.5 Å². The third-order valence-corrected chi connectivity index (χ3v) is 5.80. The zero-order chi connectivity index (χ0) is 26.4. The molecule has 0 aromatic carbocycles. The summed E-state index contributed by atoms with van der Waals surface area (Å²) in [5, 5.41) is 0. The van der Waals surface area contributed by atoms with E-state index in [1.165, 1.54) is 0 Å². The lowest BCUT2D eigenvalue weighted by Crippen LogP contribution is -2.54. The average Bonchev–Trinajstić information content (AvgIpc) is 2.84. The summed E-state index contributed by atoms with van der Waals surface area (Å²) in [6.07, 6.45) is 16.6. The van der Waals surface area contributed by atoms with E-state index >= 15 is 0 Å². The average molecular weight is 493 g/mol. The van der Waals surface area contributed by atoms with Gasteiger partial charge in [-0.15, -0.1) is 0 Å². The first-order valence-electron chi connectivity index (χ1n) is 13.6. The summed E-state index contributed by atoms with van der Waals surface area (Å²) >= 11 is 0. The van der Waals surface area contributed by atoms with Gasteiger partial charge in [0.1, 0.15) is 0 Å². The molecule has 0 atom stereocenters. The highest BCUT2D eigenvalue weighted by Gasteiger charge is 2.60. The molecule has 0 radical (unpaired) electrons. The van der Waals surface area contributed by atoms with Crippen LogP contribution in [0.2, 0.25) is 0 Å². The Morgan fingerprint density at radius 1 is 0.571 bits per heavy atom. The van der Waals surface area contributed by atoms with Gasteiger partial charge in [-0.25, -0.2) is 9.59 Å². The summed E-state index contributed by atoms with van der Waals surface area (Å²) in [6.45, 7) is 8.09. The summed E-state index contributed by atoms with van der Waals surface area (Å²) in [4.78, 5) is 53.6. The van der Waals surface area contributed by atoms with Crippen LogP contribution in [0.5, 0.6) is 0 Å². The molecule has 0 heterocycles. The minimum atomic E-state index is -2.53. The molecule has 0 aromatic rings. The van der Waals surface area contributed by atoms with Crippen molar-refractivity contribution in [1.82, 2.24) is 0 Å². The van der Waals surface area contributed by atoms with E-state index in [0.29, 0.717) is 25.7 Å². The van der Waals surface area contributed by atoms with Gasteiger partial charge in [0.2, 0.25) is 0 Å². The molecule has 6 nitrogen and oxygen atoms in total. The van der Waals surface area contributed by atoms with Gasteiger partial charge in [0.05, 0.1) is 13.2 Å². The summed E-state index contributed by atoms with van der Waals surface area (Å²) in [6, 6.07) is 0. The van der Waals surface area contributed by atoms with Crippen LogP contribution in [0.25, 0.3) is 0 Å². The molecule has 0 aliphatic rings. The number of carbonyl (C=O) groups excluding carboxylic acids is 4. The van der Waals surface area contributed by atoms with Gasteiger partial charge in [-0.2, -0.15) is 0 Å². The predicted octanol–water partition coefficient (Wildman–Crippen LogP) is 6.85. The second-order valence-corrected chi connectivity index (χ2v) is 8.83. The quantitative estimate of drug-likeness (QED) is 0.0711. The Morgan fingerprint density at radius 3 is 1.31 bits per heavy atom. The number of unbranched alkanes of at least 4 members (excludes halogenated alkanes) is 6. The molecule has 0 N–H and O–H groups in total. The monoisotopic (exact) mass is 492 g/mol. The van der Waals surface area contributed by atoms with E-state index in [0.717, 1.165) is 51.4 Å². The summed E-state index contributed by atoms with van der Waals surface area (Å²) in [5.41, 5.74) is -2.53. The first-order chi connectivity index (χ1) is 16.9. The topological polar surface area (TPSA) is 86.7 Å². The van der Waals surface area contributed by atoms with E-state index in [-0.39, 0.29) is 26.1 Å². The summed E-state index contributed by atoms with van der Waals surface area (Å²) in [7, 11) is 0. The van der Waals surface area contributed by atoms with E-state index in [4.69, 9.17) is 9.47 Å². The molecular formula is C29H48O6. The third-order valence-electron chi connectivity index (χ3n) is 5.80. The Hall–Kier alpha value is -2.24. The van der Waals surface area contributed by atoms with Crippen LogP contribution in [0.3, 0.4) is 0 Å². The lowest BCUT2D eigenvalue weighted by atomic mass is 9.75. The van der Waals surface area contributed by atoms with Crippen molar-refractivity contribution >= 4 is 23.5 Å². The predicted molar refractivity (Wildman–Crippen MR) is 140 cm³/mol. The molecule has 0 fully saturated rings. The molecule has 200 valence electrons. The normalized spacial score (nSPS) is 11.8. The largest absolute Gasteiger partial charge is 0.464 e. The Labute approximate surface area is 212 Å². The van der Waals surface area contributed by atoms with E-state index < -0.39 is 28.9 Å². The van der Waals surface area contributed by atoms with Crippen molar-refractivity contribution in [3.05, 3.63) is 24.3 Å². The number of Topliss-reactive ketones (excluding diaryl/α,β-unsaturated/α-hetero) is 2. The lowest BCUT2D eigenvalue weighted by Gasteiger charge is -2.27. The van der Waals surface area contributed by atoms with Gasteiger partial charge < -0.3 is 9.47 Å². The molecule has 0 saturated heterocycles. The first kappa shape index (κ1) is 32.8. The van der Waals surface area contributed by atoms with Gasteiger partial charge >= 0.3 is 11.9 Å². The molecule has 0 aliphatic heterocycles.